The average molecular weight is 479 g/mol. The number of benzene rings is 3. The third kappa shape index (κ3) is 8.25. The van der Waals surface area contributed by atoms with Gasteiger partial charge in [0.15, 0.2) is 12.4 Å². The van der Waals surface area contributed by atoms with E-state index in [0.717, 1.165) is 12.2 Å². The van der Waals surface area contributed by atoms with Crippen molar-refractivity contribution in [2.75, 3.05) is 13.2 Å². The van der Waals surface area contributed by atoms with Crippen LogP contribution in [0, 0.1) is 11.7 Å². The summed E-state index contributed by atoms with van der Waals surface area (Å²) in [6.07, 6.45) is 4.66. The number of ketones is 1. The Kier molecular flexibility index (Phi) is 9.84. The maximum Gasteiger partial charge on any atom is 0.349 e. The molecule has 0 saturated carbocycles. The Morgan fingerprint density at radius 2 is 1.31 bits per heavy atom. The van der Waals surface area contributed by atoms with E-state index in [1.165, 1.54) is 55.7 Å². The quantitative estimate of drug-likeness (QED) is 0.157. The van der Waals surface area contributed by atoms with Crippen LogP contribution in [0.2, 0.25) is 0 Å². The zero-order valence-corrected chi connectivity index (χ0v) is 20.2. The van der Waals surface area contributed by atoms with Gasteiger partial charge in [-0.3, -0.25) is 4.79 Å². The number of hydrogen-bond donors (Lipinski definition) is 0. The van der Waals surface area contributed by atoms with E-state index < -0.39 is 11.8 Å². The first-order chi connectivity index (χ1) is 17.0. The van der Waals surface area contributed by atoms with Crippen LogP contribution >= 0.6 is 0 Å². The van der Waals surface area contributed by atoms with Gasteiger partial charge in [-0.1, -0.05) is 33.1 Å². The zero-order chi connectivity index (χ0) is 25.0. The molecule has 184 valence electrons. The molecule has 6 heteroatoms. The molecule has 0 amide bonds. The van der Waals surface area contributed by atoms with Gasteiger partial charge < -0.3 is 14.2 Å². The summed E-state index contributed by atoms with van der Waals surface area (Å²) in [6.45, 7) is 4.81. The van der Waals surface area contributed by atoms with Crippen LogP contribution in [0.25, 0.3) is 0 Å². The summed E-state index contributed by atoms with van der Waals surface area (Å²) in [5, 5.41) is 0. The molecular weight excluding hydrogens is 447 g/mol. The third-order valence-electron chi connectivity index (χ3n) is 5.66. The van der Waals surface area contributed by atoms with Crippen LogP contribution in [0.5, 0.6) is 17.2 Å². The number of unbranched alkanes of at least 4 members (excludes halogenated alkanes) is 1. The summed E-state index contributed by atoms with van der Waals surface area (Å²) in [6, 6.07) is 18.7. The van der Waals surface area contributed by atoms with E-state index in [-0.39, 0.29) is 12.4 Å². The largest absolute Gasteiger partial charge is 0.493 e. The Morgan fingerprint density at radius 3 is 1.89 bits per heavy atom. The van der Waals surface area contributed by atoms with Crippen molar-refractivity contribution in [3.8, 4) is 17.2 Å². The van der Waals surface area contributed by atoms with Crippen molar-refractivity contribution in [1.82, 2.24) is 0 Å². The molecule has 0 aliphatic rings. The van der Waals surface area contributed by atoms with Crippen LogP contribution in [0.3, 0.4) is 0 Å². The van der Waals surface area contributed by atoms with E-state index in [9.17, 15) is 14.0 Å². The second-order valence-electron chi connectivity index (χ2n) is 8.32. The molecule has 0 aliphatic heterocycles. The van der Waals surface area contributed by atoms with E-state index in [1.807, 2.05) is 12.1 Å². The molecule has 3 aromatic carbocycles. The molecule has 3 aromatic rings. The summed E-state index contributed by atoms with van der Waals surface area (Å²) in [7, 11) is 0. The molecule has 5 nitrogen and oxygen atoms in total. The second-order valence-corrected chi connectivity index (χ2v) is 8.32. The molecule has 0 radical (unpaired) electrons. The fourth-order valence-corrected chi connectivity index (χ4v) is 3.49. The van der Waals surface area contributed by atoms with Crippen LogP contribution in [0.1, 0.15) is 55.5 Å². The van der Waals surface area contributed by atoms with Gasteiger partial charge in [0.2, 0.25) is 0 Å². The molecule has 0 heterocycles. The Labute approximate surface area is 205 Å². The number of hydrogen-bond acceptors (Lipinski definition) is 5. The third-order valence-corrected chi connectivity index (χ3v) is 5.66. The maximum atomic E-state index is 13.0. The Hall–Kier alpha value is -3.67. The molecule has 35 heavy (non-hydrogen) atoms. The van der Waals surface area contributed by atoms with Crippen LogP contribution in [0.15, 0.2) is 72.8 Å². The van der Waals surface area contributed by atoms with E-state index >= 15 is 0 Å². The number of rotatable bonds is 13. The van der Waals surface area contributed by atoms with Crippen molar-refractivity contribution in [3.05, 3.63) is 89.7 Å². The number of halogens is 1. The van der Waals surface area contributed by atoms with Crippen LogP contribution in [0.4, 0.5) is 4.39 Å². The number of carbonyl (C=O) groups is 2. The minimum absolute atomic E-state index is 0.246. The molecule has 0 spiro atoms. The topological polar surface area (TPSA) is 61.8 Å². The summed E-state index contributed by atoms with van der Waals surface area (Å²) in [5.41, 5.74) is 0.785. The van der Waals surface area contributed by atoms with Crippen LogP contribution in [-0.4, -0.2) is 25.0 Å². The van der Waals surface area contributed by atoms with E-state index in [4.69, 9.17) is 14.2 Å². The summed E-state index contributed by atoms with van der Waals surface area (Å²) >= 11 is 0. The molecule has 0 aliphatic carbocycles. The first kappa shape index (κ1) is 25.9. The molecule has 0 aromatic heterocycles. The number of esters is 1. The molecule has 0 N–H and O–H groups in total. The first-order valence-electron chi connectivity index (χ1n) is 11.9. The highest BCUT2D eigenvalue weighted by Gasteiger charge is 2.12. The van der Waals surface area contributed by atoms with Gasteiger partial charge in [-0.25, -0.2) is 9.18 Å². The number of ether oxygens (including phenoxy) is 3. The van der Waals surface area contributed by atoms with E-state index in [1.54, 1.807) is 24.3 Å². The summed E-state index contributed by atoms with van der Waals surface area (Å²) in [4.78, 5) is 24.6. The smallest absolute Gasteiger partial charge is 0.349 e. The molecule has 0 fully saturated rings. The van der Waals surface area contributed by atoms with Crippen molar-refractivity contribution in [1.29, 1.82) is 0 Å². The SMILES string of the molecule is CCCCC(CC)COc1ccc(OCC(=O)Oc2ccc(C(=O)c3ccc(F)cc3)cc2)cc1. The van der Waals surface area contributed by atoms with Gasteiger partial charge in [0.25, 0.3) is 0 Å². The lowest BCUT2D eigenvalue weighted by Crippen LogP contribution is -2.17. The van der Waals surface area contributed by atoms with Crippen molar-refractivity contribution >= 4 is 11.8 Å². The Bertz CT molecular complexity index is 1080. The van der Waals surface area contributed by atoms with Gasteiger partial charge in [0.05, 0.1) is 6.61 Å². The van der Waals surface area contributed by atoms with Gasteiger partial charge in [-0.15, -0.1) is 0 Å². The zero-order valence-electron chi connectivity index (χ0n) is 20.2. The lowest BCUT2D eigenvalue weighted by molar-refractivity contribution is -0.136. The first-order valence-corrected chi connectivity index (χ1v) is 11.9. The monoisotopic (exact) mass is 478 g/mol. The Morgan fingerprint density at radius 1 is 0.771 bits per heavy atom. The van der Waals surface area contributed by atoms with Crippen LogP contribution < -0.4 is 14.2 Å². The summed E-state index contributed by atoms with van der Waals surface area (Å²) < 4.78 is 29.7. The van der Waals surface area contributed by atoms with Crippen molar-refractivity contribution in [2.24, 2.45) is 5.92 Å². The highest BCUT2D eigenvalue weighted by Crippen LogP contribution is 2.21. The second kappa shape index (κ2) is 13.3. The normalized spacial score (nSPS) is 11.5. The minimum atomic E-state index is -0.565. The molecule has 3 rings (SSSR count). The summed E-state index contributed by atoms with van der Waals surface area (Å²) in [5.74, 6) is 0.938. The van der Waals surface area contributed by atoms with E-state index in [2.05, 4.69) is 13.8 Å². The van der Waals surface area contributed by atoms with Crippen molar-refractivity contribution in [3.63, 3.8) is 0 Å². The molecule has 0 bridgehead atoms. The lowest BCUT2D eigenvalue weighted by Gasteiger charge is -2.15. The van der Waals surface area contributed by atoms with Gasteiger partial charge in [0, 0.05) is 11.1 Å². The van der Waals surface area contributed by atoms with Gasteiger partial charge >= 0.3 is 5.97 Å². The number of carbonyl (C=O) groups excluding carboxylic acids is 2. The Balaban J connectivity index is 1.44. The predicted octanol–water partition coefficient (Wildman–Crippen LogP) is 6.64. The fraction of sp³-hybridized carbons (Fsp3) is 0.310. The maximum absolute atomic E-state index is 13.0. The highest BCUT2D eigenvalue weighted by molar-refractivity contribution is 6.09. The standard InChI is InChI=1S/C29H31FO5/c1-3-5-6-21(4-2)19-33-25-15-17-26(18-16-25)34-20-28(31)35-27-13-9-23(10-14-27)29(32)22-7-11-24(30)12-8-22/h7-18,21H,3-6,19-20H2,1-2H3. The van der Waals surface area contributed by atoms with Gasteiger partial charge in [-0.05, 0) is 85.1 Å². The fourth-order valence-electron chi connectivity index (χ4n) is 3.49. The predicted molar refractivity (Wildman–Crippen MR) is 133 cm³/mol. The minimum Gasteiger partial charge on any atom is -0.493 e. The molecule has 1 unspecified atom stereocenters. The van der Waals surface area contributed by atoms with Crippen molar-refractivity contribution < 1.29 is 28.2 Å². The van der Waals surface area contributed by atoms with Crippen LogP contribution in [-0.2, 0) is 4.79 Å². The average Bonchev–Trinajstić information content (AvgIpc) is 2.89. The molecule has 1 atom stereocenters. The lowest BCUT2D eigenvalue weighted by atomic mass is 10.0. The van der Waals surface area contributed by atoms with Gasteiger partial charge in [0.1, 0.15) is 23.1 Å². The molecule has 0 saturated heterocycles. The van der Waals surface area contributed by atoms with Crippen molar-refractivity contribution in [2.45, 2.75) is 39.5 Å². The highest BCUT2D eigenvalue weighted by atomic mass is 19.1. The van der Waals surface area contributed by atoms with Gasteiger partial charge in [-0.2, -0.15) is 0 Å². The van der Waals surface area contributed by atoms with E-state index in [0.29, 0.717) is 35.2 Å². The molecular formula is C29H31FO5.